The molecule has 1 atom stereocenters. The largest absolute Gasteiger partial charge is 0.314 e. The van der Waals surface area contributed by atoms with E-state index in [1.807, 2.05) is 12.1 Å². The van der Waals surface area contributed by atoms with Crippen molar-refractivity contribution in [3.8, 4) is 0 Å². The Labute approximate surface area is 139 Å². The van der Waals surface area contributed by atoms with Crippen LogP contribution in [-0.2, 0) is 0 Å². The van der Waals surface area contributed by atoms with Crippen molar-refractivity contribution in [2.45, 2.75) is 64.3 Å². The standard InChI is InChI=1S/C18H27Cl2N/c1-13(2)21-12-17(14-7-5-3-4-6-8-14)16-10-9-15(19)11-18(16)20/h9-11,13-14,17,21H,3-8,12H2,1-2H3. The maximum absolute atomic E-state index is 6.49. The van der Waals surface area contributed by atoms with Crippen LogP contribution in [0.1, 0.15) is 63.9 Å². The molecule has 0 aromatic heterocycles. The fourth-order valence-electron chi connectivity index (χ4n) is 3.41. The minimum absolute atomic E-state index is 0.496. The molecular formula is C18H27Cl2N. The van der Waals surface area contributed by atoms with E-state index in [4.69, 9.17) is 23.2 Å². The van der Waals surface area contributed by atoms with Crippen molar-refractivity contribution in [2.24, 2.45) is 5.92 Å². The van der Waals surface area contributed by atoms with Crippen LogP contribution in [0.15, 0.2) is 18.2 Å². The molecule has 0 saturated heterocycles. The van der Waals surface area contributed by atoms with Gasteiger partial charge in [-0.2, -0.15) is 0 Å². The molecule has 0 heterocycles. The van der Waals surface area contributed by atoms with E-state index in [2.05, 4.69) is 25.2 Å². The van der Waals surface area contributed by atoms with Gasteiger partial charge in [-0.05, 0) is 36.5 Å². The van der Waals surface area contributed by atoms with Crippen LogP contribution in [0.3, 0.4) is 0 Å². The van der Waals surface area contributed by atoms with E-state index in [0.717, 1.165) is 22.5 Å². The van der Waals surface area contributed by atoms with E-state index >= 15 is 0 Å². The first-order chi connectivity index (χ1) is 10.1. The fraction of sp³-hybridized carbons (Fsp3) is 0.667. The SMILES string of the molecule is CC(C)NCC(c1ccc(Cl)cc1Cl)C1CCCCCC1. The summed E-state index contributed by atoms with van der Waals surface area (Å²) in [6, 6.07) is 6.49. The summed E-state index contributed by atoms with van der Waals surface area (Å²) in [5.74, 6) is 1.23. The van der Waals surface area contributed by atoms with E-state index in [9.17, 15) is 0 Å². The molecule has 3 heteroatoms. The summed E-state index contributed by atoms with van der Waals surface area (Å²) in [4.78, 5) is 0. The Morgan fingerprint density at radius 2 is 1.76 bits per heavy atom. The van der Waals surface area contributed by atoms with Crippen LogP contribution in [0.5, 0.6) is 0 Å². The zero-order valence-electron chi connectivity index (χ0n) is 13.2. The van der Waals surface area contributed by atoms with E-state index in [1.54, 1.807) is 0 Å². The average molecular weight is 328 g/mol. The topological polar surface area (TPSA) is 12.0 Å². The van der Waals surface area contributed by atoms with Crippen molar-refractivity contribution in [3.63, 3.8) is 0 Å². The molecule has 0 radical (unpaired) electrons. The number of nitrogens with one attached hydrogen (secondary N) is 1. The lowest BCUT2D eigenvalue weighted by molar-refractivity contribution is 0.353. The first-order valence-corrected chi connectivity index (χ1v) is 9.02. The molecular weight excluding hydrogens is 301 g/mol. The van der Waals surface area contributed by atoms with Gasteiger partial charge in [0.25, 0.3) is 0 Å². The van der Waals surface area contributed by atoms with Gasteiger partial charge in [-0.3, -0.25) is 0 Å². The average Bonchev–Trinajstić information content (AvgIpc) is 2.70. The van der Waals surface area contributed by atoms with Crippen LogP contribution in [-0.4, -0.2) is 12.6 Å². The van der Waals surface area contributed by atoms with Gasteiger partial charge in [-0.1, -0.05) is 68.8 Å². The van der Waals surface area contributed by atoms with Gasteiger partial charge in [0.2, 0.25) is 0 Å². The van der Waals surface area contributed by atoms with Gasteiger partial charge in [0, 0.05) is 28.5 Å². The zero-order valence-corrected chi connectivity index (χ0v) is 14.7. The summed E-state index contributed by atoms with van der Waals surface area (Å²) in [7, 11) is 0. The molecule has 1 aliphatic carbocycles. The lowest BCUT2D eigenvalue weighted by Gasteiger charge is -2.29. The quantitative estimate of drug-likeness (QED) is 0.649. The predicted molar refractivity (Wildman–Crippen MR) is 93.5 cm³/mol. The lowest BCUT2D eigenvalue weighted by Crippen LogP contribution is -2.31. The highest BCUT2D eigenvalue weighted by atomic mass is 35.5. The van der Waals surface area contributed by atoms with Gasteiger partial charge < -0.3 is 5.32 Å². The molecule has 1 aromatic rings. The first kappa shape index (κ1) is 17.1. The van der Waals surface area contributed by atoms with Crippen LogP contribution in [0.25, 0.3) is 0 Å². The van der Waals surface area contributed by atoms with Crippen molar-refractivity contribution >= 4 is 23.2 Å². The van der Waals surface area contributed by atoms with Gasteiger partial charge in [0.05, 0.1) is 0 Å². The highest BCUT2D eigenvalue weighted by Gasteiger charge is 2.26. The smallest absolute Gasteiger partial charge is 0.0456 e. The molecule has 1 aliphatic rings. The Hall–Kier alpha value is -0.240. The molecule has 118 valence electrons. The normalized spacial score (nSPS) is 18.7. The Morgan fingerprint density at radius 3 is 2.33 bits per heavy atom. The highest BCUT2D eigenvalue weighted by Crippen LogP contribution is 2.38. The maximum Gasteiger partial charge on any atom is 0.0456 e. The predicted octanol–water partition coefficient (Wildman–Crippen LogP) is 6.05. The van der Waals surface area contributed by atoms with Crippen molar-refractivity contribution < 1.29 is 0 Å². The molecule has 1 nitrogen and oxygen atoms in total. The Bertz CT molecular complexity index is 437. The molecule has 1 saturated carbocycles. The molecule has 0 amide bonds. The monoisotopic (exact) mass is 327 g/mol. The molecule has 0 bridgehead atoms. The van der Waals surface area contributed by atoms with Gasteiger partial charge in [0.1, 0.15) is 0 Å². The summed E-state index contributed by atoms with van der Waals surface area (Å²) in [5, 5.41) is 5.16. The van der Waals surface area contributed by atoms with Crippen LogP contribution in [0.4, 0.5) is 0 Å². The number of hydrogen-bond acceptors (Lipinski definition) is 1. The van der Waals surface area contributed by atoms with Gasteiger partial charge >= 0.3 is 0 Å². The lowest BCUT2D eigenvalue weighted by atomic mass is 9.81. The summed E-state index contributed by atoms with van der Waals surface area (Å²) < 4.78 is 0. The number of rotatable bonds is 5. The number of halogens is 2. The third-order valence-electron chi connectivity index (χ3n) is 4.58. The second-order valence-electron chi connectivity index (χ2n) is 6.59. The van der Waals surface area contributed by atoms with Crippen molar-refractivity contribution in [1.29, 1.82) is 0 Å². The molecule has 21 heavy (non-hydrogen) atoms. The van der Waals surface area contributed by atoms with Gasteiger partial charge in [-0.25, -0.2) is 0 Å². The van der Waals surface area contributed by atoms with Crippen LogP contribution < -0.4 is 5.32 Å². The Kier molecular flexibility index (Phi) is 6.85. The Balaban J connectivity index is 2.21. The summed E-state index contributed by atoms with van der Waals surface area (Å²) in [5.41, 5.74) is 1.26. The first-order valence-electron chi connectivity index (χ1n) is 8.26. The van der Waals surface area contributed by atoms with Crippen LogP contribution >= 0.6 is 23.2 Å². The molecule has 0 spiro atoms. The second-order valence-corrected chi connectivity index (χ2v) is 7.43. The Morgan fingerprint density at radius 1 is 1.10 bits per heavy atom. The summed E-state index contributed by atoms with van der Waals surface area (Å²) in [6.07, 6.45) is 8.12. The second kappa shape index (κ2) is 8.41. The highest BCUT2D eigenvalue weighted by molar-refractivity contribution is 6.35. The minimum atomic E-state index is 0.496. The fourth-order valence-corrected chi connectivity index (χ4v) is 3.96. The van der Waals surface area contributed by atoms with Crippen LogP contribution in [0.2, 0.25) is 10.0 Å². The van der Waals surface area contributed by atoms with Crippen molar-refractivity contribution in [2.75, 3.05) is 6.54 Å². The number of benzene rings is 1. The molecule has 1 aromatic carbocycles. The van der Waals surface area contributed by atoms with E-state index < -0.39 is 0 Å². The molecule has 1 N–H and O–H groups in total. The minimum Gasteiger partial charge on any atom is -0.314 e. The van der Waals surface area contributed by atoms with Gasteiger partial charge in [-0.15, -0.1) is 0 Å². The number of hydrogen-bond donors (Lipinski definition) is 1. The third kappa shape index (κ3) is 5.16. The third-order valence-corrected chi connectivity index (χ3v) is 5.14. The molecule has 0 aliphatic heterocycles. The molecule has 2 rings (SSSR count). The van der Waals surface area contributed by atoms with Crippen molar-refractivity contribution in [1.82, 2.24) is 5.32 Å². The maximum atomic E-state index is 6.49. The summed E-state index contributed by atoms with van der Waals surface area (Å²) in [6.45, 7) is 5.41. The van der Waals surface area contributed by atoms with E-state index in [1.165, 1.54) is 44.1 Å². The van der Waals surface area contributed by atoms with Crippen LogP contribution in [0, 0.1) is 5.92 Å². The van der Waals surface area contributed by atoms with E-state index in [-0.39, 0.29) is 0 Å². The zero-order chi connectivity index (χ0) is 15.2. The summed E-state index contributed by atoms with van der Waals surface area (Å²) >= 11 is 12.5. The molecule has 1 unspecified atom stereocenters. The molecule has 1 fully saturated rings. The van der Waals surface area contributed by atoms with Crippen molar-refractivity contribution in [3.05, 3.63) is 33.8 Å². The van der Waals surface area contributed by atoms with Gasteiger partial charge in [0.15, 0.2) is 0 Å². The van der Waals surface area contributed by atoms with E-state index in [0.29, 0.717) is 12.0 Å².